The lowest BCUT2D eigenvalue weighted by atomic mass is 10.0. The molecule has 25 heavy (non-hydrogen) atoms. The van der Waals surface area contributed by atoms with Crippen LogP contribution in [-0.4, -0.2) is 30.6 Å². The predicted octanol–water partition coefficient (Wildman–Crippen LogP) is 3.13. The molecule has 2 rings (SSSR count). The van der Waals surface area contributed by atoms with E-state index < -0.39 is 22.1 Å². The van der Waals surface area contributed by atoms with E-state index in [0.29, 0.717) is 17.8 Å². The maximum atomic E-state index is 12.3. The summed E-state index contributed by atoms with van der Waals surface area (Å²) in [5, 5.41) is 8.14. The van der Waals surface area contributed by atoms with Crippen LogP contribution in [0.1, 0.15) is 45.4 Å². The highest BCUT2D eigenvalue weighted by Gasteiger charge is 2.37. The molecule has 0 unspecified atom stereocenters. The fraction of sp³-hybridized carbons (Fsp3) is 0.500. The Hall–Kier alpha value is -2.13. The molecule has 1 heterocycles. The van der Waals surface area contributed by atoms with Gasteiger partial charge in [0.2, 0.25) is 6.04 Å². The van der Waals surface area contributed by atoms with Gasteiger partial charge in [-0.25, -0.2) is 0 Å². The van der Waals surface area contributed by atoms with E-state index in [2.05, 4.69) is 17.2 Å². The standard InChI is InChI=1S/C16H21N3O5S/c1-2-3-4-5-6-7-14-15(18-21)16(20)19(17-14)12-8-10-13(11-9-12)25(22,23)24/h8-11,15H,2-7H2,1H3,(H,22,23,24)/t15-/m1/s1. The minimum atomic E-state index is -4.31. The number of unbranched alkanes of at least 4 members (excludes halogenated alkanes) is 4. The van der Waals surface area contributed by atoms with Gasteiger partial charge in [-0.2, -0.15) is 18.5 Å². The van der Waals surface area contributed by atoms with Gasteiger partial charge in [0.05, 0.1) is 16.3 Å². The van der Waals surface area contributed by atoms with Crippen LogP contribution < -0.4 is 5.01 Å². The lowest BCUT2D eigenvalue weighted by molar-refractivity contribution is -0.117. The molecule has 8 nitrogen and oxygen atoms in total. The van der Waals surface area contributed by atoms with Gasteiger partial charge >= 0.3 is 0 Å². The number of carbonyl (C=O) groups excluding carboxylic acids is 1. The van der Waals surface area contributed by atoms with E-state index in [-0.39, 0.29) is 4.90 Å². The molecule has 1 aromatic carbocycles. The molecule has 0 aromatic heterocycles. The summed E-state index contributed by atoms with van der Waals surface area (Å²) in [6, 6.07) is 3.89. The first-order valence-corrected chi connectivity index (χ1v) is 9.64. The van der Waals surface area contributed by atoms with Crippen LogP contribution in [-0.2, 0) is 14.9 Å². The minimum absolute atomic E-state index is 0.284. The molecule has 0 saturated heterocycles. The molecule has 1 amide bonds. The predicted molar refractivity (Wildman–Crippen MR) is 94.1 cm³/mol. The highest BCUT2D eigenvalue weighted by molar-refractivity contribution is 7.85. The van der Waals surface area contributed by atoms with E-state index >= 15 is 0 Å². The molecule has 0 spiro atoms. The van der Waals surface area contributed by atoms with Crippen LogP contribution in [0.3, 0.4) is 0 Å². The molecule has 1 atom stereocenters. The summed E-state index contributed by atoms with van der Waals surface area (Å²) >= 11 is 0. The first-order chi connectivity index (χ1) is 11.9. The quantitative estimate of drug-likeness (QED) is 0.409. The Morgan fingerprint density at radius 2 is 1.80 bits per heavy atom. The van der Waals surface area contributed by atoms with Crippen LogP contribution >= 0.6 is 0 Å². The van der Waals surface area contributed by atoms with E-state index in [0.717, 1.165) is 37.1 Å². The maximum absolute atomic E-state index is 12.3. The first-order valence-electron chi connectivity index (χ1n) is 8.20. The normalized spacial score (nSPS) is 17.7. The van der Waals surface area contributed by atoms with Gasteiger partial charge in [0.1, 0.15) is 0 Å². The Labute approximate surface area is 146 Å². The number of nitroso groups, excluding NO2 is 1. The topological polar surface area (TPSA) is 116 Å². The van der Waals surface area contributed by atoms with Crippen LogP contribution in [0.5, 0.6) is 0 Å². The molecule has 0 aliphatic carbocycles. The number of rotatable bonds is 9. The molecule has 0 bridgehead atoms. The van der Waals surface area contributed by atoms with Gasteiger partial charge in [0.25, 0.3) is 16.0 Å². The second-order valence-electron chi connectivity index (χ2n) is 5.88. The highest BCUT2D eigenvalue weighted by atomic mass is 32.2. The van der Waals surface area contributed by atoms with Crippen LogP contribution in [0, 0.1) is 4.91 Å². The fourth-order valence-corrected chi connectivity index (χ4v) is 3.12. The molecule has 0 radical (unpaired) electrons. The maximum Gasteiger partial charge on any atom is 0.294 e. The number of benzene rings is 1. The van der Waals surface area contributed by atoms with E-state index in [4.69, 9.17) is 4.55 Å². The molecule has 9 heteroatoms. The van der Waals surface area contributed by atoms with Crippen LogP contribution in [0.25, 0.3) is 0 Å². The molecule has 0 saturated carbocycles. The zero-order valence-corrected chi connectivity index (χ0v) is 14.8. The summed E-state index contributed by atoms with van der Waals surface area (Å²) in [7, 11) is -4.31. The molecular weight excluding hydrogens is 346 g/mol. The number of hydrogen-bond donors (Lipinski definition) is 1. The van der Waals surface area contributed by atoms with Crippen LogP contribution in [0.4, 0.5) is 5.69 Å². The molecule has 1 N–H and O–H groups in total. The SMILES string of the molecule is CCCCCCCC1=NN(c2ccc(S(=O)(=O)O)cc2)C(=O)[C@@H]1N=O. The minimum Gasteiger partial charge on any atom is -0.282 e. The van der Waals surface area contributed by atoms with Crippen molar-refractivity contribution in [3.05, 3.63) is 29.2 Å². The van der Waals surface area contributed by atoms with Crippen molar-refractivity contribution in [2.45, 2.75) is 56.4 Å². The number of amides is 1. The third-order valence-corrected chi connectivity index (χ3v) is 4.88. The van der Waals surface area contributed by atoms with Crippen molar-refractivity contribution < 1.29 is 17.8 Å². The van der Waals surface area contributed by atoms with Gasteiger partial charge in [0, 0.05) is 0 Å². The van der Waals surface area contributed by atoms with E-state index in [9.17, 15) is 18.1 Å². The zero-order chi connectivity index (χ0) is 18.4. The van der Waals surface area contributed by atoms with Crippen LogP contribution in [0.15, 0.2) is 39.4 Å². The zero-order valence-electron chi connectivity index (χ0n) is 14.0. The van der Waals surface area contributed by atoms with Crippen molar-refractivity contribution >= 4 is 27.4 Å². The summed E-state index contributed by atoms with van der Waals surface area (Å²) in [6.45, 7) is 2.12. The van der Waals surface area contributed by atoms with Crippen molar-refractivity contribution in [3.63, 3.8) is 0 Å². The van der Waals surface area contributed by atoms with Gasteiger partial charge in [-0.15, -0.1) is 4.91 Å². The number of hydrogen-bond acceptors (Lipinski definition) is 6. The van der Waals surface area contributed by atoms with E-state index in [1.165, 1.54) is 24.3 Å². The summed E-state index contributed by atoms with van der Waals surface area (Å²) in [6.07, 6.45) is 5.71. The number of hydrazone groups is 1. The summed E-state index contributed by atoms with van der Waals surface area (Å²) in [5.41, 5.74) is 0.738. The second-order valence-corrected chi connectivity index (χ2v) is 7.30. The van der Waals surface area contributed by atoms with E-state index in [1.807, 2.05) is 0 Å². The van der Waals surface area contributed by atoms with Gasteiger partial charge in [-0.05, 0) is 37.1 Å². The lowest BCUT2D eigenvalue weighted by Crippen LogP contribution is -2.30. The highest BCUT2D eigenvalue weighted by Crippen LogP contribution is 2.25. The average molecular weight is 367 g/mol. The Balaban J connectivity index is 2.12. The van der Waals surface area contributed by atoms with Gasteiger partial charge < -0.3 is 0 Å². The molecule has 0 fully saturated rings. The molecule has 1 aliphatic heterocycles. The largest absolute Gasteiger partial charge is 0.294 e. The third-order valence-electron chi connectivity index (χ3n) is 4.01. The van der Waals surface area contributed by atoms with E-state index in [1.54, 1.807) is 0 Å². The lowest BCUT2D eigenvalue weighted by Gasteiger charge is -2.12. The van der Waals surface area contributed by atoms with Gasteiger partial charge in [0.15, 0.2) is 0 Å². The van der Waals surface area contributed by atoms with Crippen molar-refractivity contribution in [1.29, 1.82) is 0 Å². The van der Waals surface area contributed by atoms with Crippen molar-refractivity contribution in [2.75, 3.05) is 5.01 Å². The van der Waals surface area contributed by atoms with Crippen LogP contribution in [0.2, 0.25) is 0 Å². The Morgan fingerprint density at radius 1 is 1.16 bits per heavy atom. The summed E-state index contributed by atoms with van der Waals surface area (Å²) < 4.78 is 31.1. The molecule has 1 aromatic rings. The monoisotopic (exact) mass is 367 g/mol. The van der Waals surface area contributed by atoms with Gasteiger partial charge in [-0.3, -0.25) is 9.35 Å². The van der Waals surface area contributed by atoms with Crippen molar-refractivity contribution in [3.8, 4) is 0 Å². The van der Waals surface area contributed by atoms with Crippen molar-refractivity contribution in [1.82, 2.24) is 0 Å². The summed E-state index contributed by atoms with van der Waals surface area (Å²) in [4.78, 5) is 23.1. The summed E-state index contributed by atoms with van der Waals surface area (Å²) in [5.74, 6) is -0.557. The first kappa shape index (κ1) is 19.2. The fourth-order valence-electron chi connectivity index (χ4n) is 2.64. The third kappa shape index (κ3) is 4.70. The number of nitrogens with zero attached hydrogens (tertiary/aromatic N) is 3. The Bertz CT molecular complexity index is 758. The molecule has 1 aliphatic rings. The smallest absolute Gasteiger partial charge is 0.282 e. The number of anilines is 1. The van der Waals surface area contributed by atoms with Crippen molar-refractivity contribution in [2.24, 2.45) is 10.3 Å². The molecule has 136 valence electrons. The van der Waals surface area contributed by atoms with Gasteiger partial charge in [-0.1, -0.05) is 37.8 Å². The Kier molecular flexibility index (Phi) is 6.38. The Morgan fingerprint density at radius 3 is 2.36 bits per heavy atom. The number of carbonyl (C=O) groups is 1. The second kappa shape index (κ2) is 8.30. The average Bonchev–Trinajstić information content (AvgIpc) is 2.89. The molecular formula is C16H21N3O5S.